The molecule has 0 amide bonds. The molecule has 2 aromatic carbocycles. The second-order valence-corrected chi connectivity index (χ2v) is 4.88. The highest BCUT2D eigenvalue weighted by Gasteiger charge is 2.09. The maximum Gasteiger partial charge on any atom is 0.271 e. The van der Waals surface area contributed by atoms with Crippen LogP contribution < -0.4 is 0 Å². The highest BCUT2D eigenvalue weighted by atomic mass is 16.6. The van der Waals surface area contributed by atoms with Crippen LogP contribution >= 0.6 is 0 Å². The molecule has 3 rings (SSSR count). The SMILES string of the molecule is CCc1ccc(-c2cn(-c3cccc([N+](=O)[O-])c3)nn2)cc1. The van der Waals surface area contributed by atoms with Gasteiger partial charge in [-0.3, -0.25) is 10.1 Å². The summed E-state index contributed by atoms with van der Waals surface area (Å²) in [6.45, 7) is 2.10. The number of aromatic nitrogens is 3. The van der Waals surface area contributed by atoms with Crippen LogP contribution in [0.2, 0.25) is 0 Å². The molecule has 6 nitrogen and oxygen atoms in total. The molecular weight excluding hydrogens is 280 g/mol. The summed E-state index contributed by atoms with van der Waals surface area (Å²) in [5, 5.41) is 19.0. The lowest BCUT2D eigenvalue weighted by Crippen LogP contribution is -1.96. The molecule has 0 atom stereocenters. The fourth-order valence-corrected chi connectivity index (χ4v) is 2.18. The predicted octanol–water partition coefficient (Wildman–Crippen LogP) is 3.40. The normalized spacial score (nSPS) is 10.6. The van der Waals surface area contributed by atoms with Crippen LogP contribution in [-0.2, 0) is 6.42 Å². The van der Waals surface area contributed by atoms with Gasteiger partial charge >= 0.3 is 0 Å². The van der Waals surface area contributed by atoms with Crippen LogP contribution in [0, 0.1) is 10.1 Å². The van der Waals surface area contributed by atoms with Crippen molar-refractivity contribution in [2.45, 2.75) is 13.3 Å². The van der Waals surface area contributed by atoms with Gasteiger partial charge in [-0.2, -0.15) is 0 Å². The maximum absolute atomic E-state index is 10.8. The van der Waals surface area contributed by atoms with Gasteiger partial charge in [0.25, 0.3) is 5.69 Å². The fraction of sp³-hybridized carbons (Fsp3) is 0.125. The lowest BCUT2D eigenvalue weighted by atomic mass is 10.1. The molecule has 1 aromatic heterocycles. The van der Waals surface area contributed by atoms with E-state index in [1.165, 1.54) is 22.4 Å². The van der Waals surface area contributed by atoms with E-state index in [1.807, 2.05) is 12.1 Å². The van der Waals surface area contributed by atoms with Crippen LogP contribution in [0.4, 0.5) is 5.69 Å². The standard InChI is InChI=1S/C16H14N4O2/c1-2-12-6-8-13(9-7-12)16-11-19(18-17-16)14-4-3-5-15(10-14)20(21)22/h3-11H,2H2,1H3. The van der Waals surface area contributed by atoms with Gasteiger partial charge in [-0.25, -0.2) is 4.68 Å². The summed E-state index contributed by atoms with van der Waals surface area (Å²) >= 11 is 0. The minimum atomic E-state index is -0.426. The first-order valence-corrected chi connectivity index (χ1v) is 6.94. The van der Waals surface area contributed by atoms with E-state index in [9.17, 15) is 10.1 Å². The molecule has 0 aliphatic carbocycles. The Morgan fingerprint density at radius 2 is 1.95 bits per heavy atom. The first-order chi connectivity index (χ1) is 10.7. The molecule has 0 radical (unpaired) electrons. The molecule has 0 spiro atoms. The zero-order valence-corrected chi connectivity index (χ0v) is 12.0. The molecule has 0 aliphatic rings. The first kappa shape index (κ1) is 13.9. The summed E-state index contributed by atoms with van der Waals surface area (Å²) in [5.41, 5.74) is 3.60. The Bertz CT molecular complexity index is 809. The van der Waals surface area contributed by atoms with Crippen molar-refractivity contribution in [1.29, 1.82) is 0 Å². The van der Waals surface area contributed by atoms with E-state index in [-0.39, 0.29) is 5.69 Å². The van der Waals surface area contributed by atoms with Gasteiger partial charge in [0.1, 0.15) is 5.69 Å². The number of benzene rings is 2. The molecule has 0 fully saturated rings. The van der Waals surface area contributed by atoms with E-state index < -0.39 is 4.92 Å². The summed E-state index contributed by atoms with van der Waals surface area (Å²) in [7, 11) is 0. The van der Waals surface area contributed by atoms with Crippen molar-refractivity contribution in [3.8, 4) is 16.9 Å². The third-order valence-corrected chi connectivity index (χ3v) is 3.46. The number of hydrogen-bond donors (Lipinski definition) is 0. The summed E-state index contributed by atoms with van der Waals surface area (Å²) in [5.74, 6) is 0. The molecule has 22 heavy (non-hydrogen) atoms. The van der Waals surface area contributed by atoms with E-state index in [0.29, 0.717) is 5.69 Å². The lowest BCUT2D eigenvalue weighted by molar-refractivity contribution is -0.384. The van der Waals surface area contributed by atoms with Gasteiger partial charge in [-0.15, -0.1) is 5.10 Å². The molecule has 0 saturated carbocycles. The molecule has 0 bridgehead atoms. The zero-order valence-electron chi connectivity index (χ0n) is 12.0. The highest BCUT2D eigenvalue weighted by molar-refractivity contribution is 5.58. The highest BCUT2D eigenvalue weighted by Crippen LogP contribution is 2.20. The van der Waals surface area contributed by atoms with Gasteiger partial charge in [0.2, 0.25) is 0 Å². The van der Waals surface area contributed by atoms with Crippen molar-refractivity contribution in [3.05, 3.63) is 70.4 Å². The second kappa shape index (κ2) is 5.77. The van der Waals surface area contributed by atoms with E-state index in [4.69, 9.17) is 0 Å². The summed E-state index contributed by atoms with van der Waals surface area (Å²) in [6.07, 6.45) is 2.75. The lowest BCUT2D eigenvalue weighted by Gasteiger charge is -2.00. The van der Waals surface area contributed by atoms with E-state index in [1.54, 1.807) is 18.3 Å². The Labute approximate surface area is 127 Å². The number of nitrogens with zero attached hydrogens (tertiary/aromatic N) is 4. The number of hydrogen-bond acceptors (Lipinski definition) is 4. The van der Waals surface area contributed by atoms with Crippen LogP contribution in [-0.4, -0.2) is 19.9 Å². The number of rotatable bonds is 4. The second-order valence-electron chi connectivity index (χ2n) is 4.88. The molecule has 0 N–H and O–H groups in total. The number of nitro benzene ring substituents is 1. The Kier molecular flexibility index (Phi) is 3.65. The average Bonchev–Trinajstić information content (AvgIpc) is 3.05. The van der Waals surface area contributed by atoms with Crippen molar-refractivity contribution < 1.29 is 4.92 Å². The molecule has 110 valence electrons. The minimum absolute atomic E-state index is 0.0295. The molecule has 0 aliphatic heterocycles. The van der Waals surface area contributed by atoms with Crippen molar-refractivity contribution in [2.75, 3.05) is 0 Å². The van der Waals surface area contributed by atoms with Crippen molar-refractivity contribution in [1.82, 2.24) is 15.0 Å². The Morgan fingerprint density at radius 1 is 1.18 bits per heavy atom. The van der Waals surface area contributed by atoms with Gasteiger partial charge in [0.05, 0.1) is 16.8 Å². The number of nitro groups is 1. The van der Waals surface area contributed by atoms with Gasteiger partial charge in [0, 0.05) is 17.7 Å². The summed E-state index contributed by atoms with van der Waals surface area (Å²) < 4.78 is 1.54. The smallest absolute Gasteiger partial charge is 0.258 e. The Balaban J connectivity index is 1.93. The quantitative estimate of drug-likeness (QED) is 0.546. The van der Waals surface area contributed by atoms with Crippen molar-refractivity contribution >= 4 is 5.69 Å². The zero-order chi connectivity index (χ0) is 15.5. The minimum Gasteiger partial charge on any atom is -0.258 e. The molecule has 3 aromatic rings. The van der Waals surface area contributed by atoms with Gasteiger partial charge < -0.3 is 0 Å². The average molecular weight is 294 g/mol. The van der Waals surface area contributed by atoms with Gasteiger partial charge in [-0.05, 0) is 18.1 Å². The van der Waals surface area contributed by atoms with Crippen molar-refractivity contribution in [2.24, 2.45) is 0 Å². The van der Waals surface area contributed by atoms with Crippen LogP contribution in [0.5, 0.6) is 0 Å². The van der Waals surface area contributed by atoms with E-state index in [0.717, 1.165) is 17.7 Å². The van der Waals surface area contributed by atoms with E-state index in [2.05, 4.69) is 29.4 Å². The summed E-state index contributed by atoms with van der Waals surface area (Å²) in [6, 6.07) is 14.4. The first-order valence-electron chi connectivity index (χ1n) is 6.94. The molecular formula is C16H14N4O2. The van der Waals surface area contributed by atoms with Crippen LogP contribution in [0.1, 0.15) is 12.5 Å². The van der Waals surface area contributed by atoms with E-state index >= 15 is 0 Å². The predicted molar refractivity (Wildman–Crippen MR) is 82.8 cm³/mol. The van der Waals surface area contributed by atoms with Gasteiger partial charge in [-0.1, -0.05) is 42.5 Å². The molecule has 1 heterocycles. The molecule has 0 unspecified atom stereocenters. The number of non-ortho nitro benzene ring substituents is 1. The summed E-state index contributed by atoms with van der Waals surface area (Å²) in [4.78, 5) is 10.4. The number of aryl methyl sites for hydroxylation is 1. The van der Waals surface area contributed by atoms with Gasteiger partial charge in [0.15, 0.2) is 0 Å². The largest absolute Gasteiger partial charge is 0.271 e. The van der Waals surface area contributed by atoms with Crippen molar-refractivity contribution in [3.63, 3.8) is 0 Å². The monoisotopic (exact) mass is 294 g/mol. The third-order valence-electron chi connectivity index (χ3n) is 3.46. The molecule has 0 saturated heterocycles. The molecule has 6 heteroatoms. The Hall–Kier alpha value is -3.02. The topological polar surface area (TPSA) is 73.8 Å². The van der Waals surface area contributed by atoms with Crippen LogP contribution in [0.3, 0.4) is 0 Å². The Morgan fingerprint density at radius 3 is 2.64 bits per heavy atom. The fourth-order valence-electron chi connectivity index (χ4n) is 2.18. The van der Waals surface area contributed by atoms with Crippen LogP contribution in [0.25, 0.3) is 16.9 Å². The van der Waals surface area contributed by atoms with Crippen LogP contribution in [0.15, 0.2) is 54.7 Å². The maximum atomic E-state index is 10.8. The third kappa shape index (κ3) is 2.71.